The quantitative estimate of drug-likeness (QED) is 0.760. The van der Waals surface area contributed by atoms with Gasteiger partial charge in [-0.3, -0.25) is 0 Å². The third kappa shape index (κ3) is 4.81. The number of hydrogen-bond donors (Lipinski definition) is 2. The maximum atomic E-state index is 12.1. The minimum absolute atomic E-state index is 0.0374. The van der Waals surface area contributed by atoms with Crippen LogP contribution in [0.25, 0.3) is 0 Å². The van der Waals surface area contributed by atoms with E-state index in [1.807, 2.05) is 13.8 Å². The zero-order chi connectivity index (χ0) is 14.3. The van der Waals surface area contributed by atoms with Crippen LogP contribution < -0.4 is 9.46 Å². The molecule has 0 saturated heterocycles. The fourth-order valence-electron chi connectivity index (χ4n) is 1.67. The molecule has 0 aromatic heterocycles. The van der Waals surface area contributed by atoms with Crippen molar-refractivity contribution < 1.29 is 18.3 Å². The van der Waals surface area contributed by atoms with Gasteiger partial charge in [0.15, 0.2) is 0 Å². The molecule has 0 heterocycles. The largest absolute Gasteiger partial charge is 0.494 e. The molecule has 0 fully saturated rings. The summed E-state index contributed by atoms with van der Waals surface area (Å²) in [5, 5.41) is 8.88. The van der Waals surface area contributed by atoms with Gasteiger partial charge < -0.3 is 9.84 Å². The zero-order valence-corrected chi connectivity index (χ0v) is 12.1. The molecule has 2 N–H and O–H groups in total. The summed E-state index contributed by atoms with van der Waals surface area (Å²) in [6, 6.07) is 6.04. The highest BCUT2D eigenvalue weighted by Gasteiger charge is 2.18. The Morgan fingerprint density at radius 1 is 1.26 bits per heavy atom. The van der Waals surface area contributed by atoms with Crippen molar-refractivity contribution in [3.63, 3.8) is 0 Å². The molecule has 0 aliphatic heterocycles. The Kier molecular flexibility index (Phi) is 6.27. The summed E-state index contributed by atoms with van der Waals surface area (Å²) in [5.41, 5.74) is 0. The minimum atomic E-state index is -3.54. The number of sulfonamides is 1. The molecule has 5 nitrogen and oxygen atoms in total. The highest BCUT2D eigenvalue weighted by molar-refractivity contribution is 7.89. The molecule has 0 aliphatic rings. The molecule has 19 heavy (non-hydrogen) atoms. The number of aliphatic hydroxyl groups is 1. The van der Waals surface area contributed by atoms with Crippen molar-refractivity contribution in [3.8, 4) is 5.75 Å². The van der Waals surface area contributed by atoms with Crippen LogP contribution in [0.15, 0.2) is 29.2 Å². The monoisotopic (exact) mass is 287 g/mol. The molecule has 1 atom stereocenters. The zero-order valence-electron chi connectivity index (χ0n) is 11.3. The number of benzene rings is 1. The Balaban J connectivity index is 2.81. The van der Waals surface area contributed by atoms with Gasteiger partial charge in [-0.15, -0.1) is 0 Å². The molecule has 0 amide bonds. The molecule has 0 saturated carbocycles. The van der Waals surface area contributed by atoms with E-state index < -0.39 is 10.0 Å². The van der Waals surface area contributed by atoms with Crippen LogP contribution >= 0.6 is 0 Å². The van der Waals surface area contributed by atoms with E-state index in [-0.39, 0.29) is 17.5 Å². The third-order valence-corrected chi connectivity index (χ3v) is 4.27. The fraction of sp³-hybridized carbons (Fsp3) is 0.538. The maximum Gasteiger partial charge on any atom is 0.240 e. The molecule has 6 heteroatoms. The summed E-state index contributed by atoms with van der Waals surface area (Å²) < 4.78 is 32.1. The summed E-state index contributed by atoms with van der Waals surface area (Å²) in [6.07, 6.45) is 1.05. The SMILES string of the molecule is CCOc1ccc(S(=O)(=O)NC(CC)CCO)cc1. The van der Waals surface area contributed by atoms with E-state index in [9.17, 15) is 8.42 Å². The summed E-state index contributed by atoms with van der Waals surface area (Å²) in [4.78, 5) is 0.201. The Bertz CT molecular complexity index is 470. The fourth-order valence-corrected chi connectivity index (χ4v) is 3.03. The lowest BCUT2D eigenvalue weighted by Gasteiger charge is -2.16. The van der Waals surface area contributed by atoms with E-state index in [0.29, 0.717) is 25.2 Å². The third-order valence-electron chi connectivity index (χ3n) is 2.74. The van der Waals surface area contributed by atoms with Crippen LogP contribution in [0.4, 0.5) is 0 Å². The average Bonchev–Trinajstić information content (AvgIpc) is 2.39. The van der Waals surface area contributed by atoms with Crippen molar-refractivity contribution in [3.05, 3.63) is 24.3 Å². The van der Waals surface area contributed by atoms with Gasteiger partial charge in [-0.25, -0.2) is 13.1 Å². The van der Waals surface area contributed by atoms with E-state index in [1.54, 1.807) is 12.1 Å². The number of nitrogens with one attached hydrogen (secondary N) is 1. The van der Waals surface area contributed by atoms with Crippen LogP contribution in [-0.2, 0) is 10.0 Å². The predicted octanol–water partition coefficient (Wildman–Crippen LogP) is 1.52. The second-order valence-electron chi connectivity index (χ2n) is 4.14. The van der Waals surface area contributed by atoms with Crippen molar-refractivity contribution >= 4 is 10.0 Å². The predicted molar refractivity (Wildman–Crippen MR) is 73.7 cm³/mol. The summed E-state index contributed by atoms with van der Waals surface area (Å²) in [5.74, 6) is 0.642. The standard InChI is InChI=1S/C13H21NO4S/c1-3-11(9-10-15)14-19(16,17)13-7-5-12(6-8-13)18-4-2/h5-8,11,14-15H,3-4,9-10H2,1-2H3. The lowest BCUT2D eigenvalue weighted by Crippen LogP contribution is -2.35. The summed E-state index contributed by atoms with van der Waals surface area (Å²) in [6.45, 7) is 4.25. The first-order valence-corrected chi connectivity index (χ1v) is 7.87. The van der Waals surface area contributed by atoms with Gasteiger partial charge in [0, 0.05) is 12.6 Å². The van der Waals surface area contributed by atoms with Gasteiger partial charge in [-0.2, -0.15) is 0 Å². The van der Waals surface area contributed by atoms with Crippen molar-refractivity contribution in [2.24, 2.45) is 0 Å². The van der Waals surface area contributed by atoms with Crippen LogP contribution in [-0.4, -0.2) is 32.8 Å². The first-order chi connectivity index (χ1) is 9.03. The molecule has 1 aromatic carbocycles. The molecule has 0 spiro atoms. The average molecular weight is 287 g/mol. The van der Waals surface area contributed by atoms with Gasteiger partial charge in [-0.1, -0.05) is 6.92 Å². The van der Waals surface area contributed by atoms with E-state index in [4.69, 9.17) is 9.84 Å². The first-order valence-electron chi connectivity index (χ1n) is 6.39. The summed E-state index contributed by atoms with van der Waals surface area (Å²) in [7, 11) is -3.54. The topological polar surface area (TPSA) is 75.6 Å². The number of hydrogen-bond acceptors (Lipinski definition) is 4. The molecule has 0 radical (unpaired) electrons. The van der Waals surface area contributed by atoms with Gasteiger partial charge >= 0.3 is 0 Å². The second-order valence-corrected chi connectivity index (χ2v) is 5.86. The van der Waals surface area contributed by atoms with Gasteiger partial charge in [0.25, 0.3) is 0 Å². The Labute approximate surface area is 114 Å². The Morgan fingerprint density at radius 3 is 2.37 bits per heavy atom. The highest BCUT2D eigenvalue weighted by atomic mass is 32.2. The van der Waals surface area contributed by atoms with Gasteiger partial charge in [0.1, 0.15) is 5.75 Å². The van der Waals surface area contributed by atoms with Crippen molar-refractivity contribution in [1.82, 2.24) is 4.72 Å². The molecular formula is C13H21NO4S. The smallest absolute Gasteiger partial charge is 0.240 e. The lowest BCUT2D eigenvalue weighted by molar-refractivity contribution is 0.270. The van der Waals surface area contributed by atoms with E-state index in [2.05, 4.69) is 4.72 Å². The molecule has 1 rings (SSSR count). The van der Waals surface area contributed by atoms with E-state index in [0.717, 1.165) is 0 Å². The Morgan fingerprint density at radius 2 is 1.89 bits per heavy atom. The molecule has 1 aromatic rings. The molecule has 108 valence electrons. The molecule has 0 bridgehead atoms. The molecule has 0 aliphatic carbocycles. The Hall–Kier alpha value is -1.11. The maximum absolute atomic E-state index is 12.1. The van der Waals surface area contributed by atoms with Crippen LogP contribution in [0.1, 0.15) is 26.7 Å². The van der Waals surface area contributed by atoms with E-state index in [1.165, 1.54) is 12.1 Å². The van der Waals surface area contributed by atoms with Crippen LogP contribution in [0.3, 0.4) is 0 Å². The van der Waals surface area contributed by atoms with Crippen molar-refractivity contribution in [2.75, 3.05) is 13.2 Å². The minimum Gasteiger partial charge on any atom is -0.494 e. The number of aliphatic hydroxyl groups excluding tert-OH is 1. The van der Waals surface area contributed by atoms with Gasteiger partial charge in [-0.05, 0) is 44.0 Å². The van der Waals surface area contributed by atoms with Crippen LogP contribution in [0.2, 0.25) is 0 Å². The summed E-state index contributed by atoms with van der Waals surface area (Å²) >= 11 is 0. The van der Waals surface area contributed by atoms with Gasteiger partial charge in [0.05, 0.1) is 11.5 Å². The van der Waals surface area contributed by atoms with Crippen LogP contribution in [0, 0.1) is 0 Å². The number of rotatable bonds is 8. The number of ether oxygens (including phenoxy) is 1. The van der Waals surface area contributed by atoms with Crippen molar-refractivity contribution in [2.45, 2.75) is 37.6 Å². The lowest BCUT2D eigenvalue weighted by atomic mass is 10.2. The highest BCUT2D eigenvalue weighted by Crippen LogP contribution is 2.16. The van der Waals surface area contributed by atoms with Gasteiger partial charge in [0.2, 0.25) is 10.0 Å². The van der Waals surface area contributed by atoms with Crippen LogP contribution in [0.5, 0.6) is 5.75 Å². The van der Waals surface area contributed by atoms with Crippen molar-refractivity contribution in [1.29, 1.82) is 0 Å². The normalized spacial score (nSPS) is 13.2. The van der Waals surface area contributed by atoms with E-state index >= 15 is 0 Å². The second kappa shape index (κ2) is 7.47. The molecular weight excluding hydrogens is 266 g/mol. The molecule has 1 unspecified atom stereocenters. The first kappa shape index (κ1) is 15.9.